The van der Waals surface area contributed by atoms with Crippen molar-refractivity contribution in [3.8, 4) is 11.6 Å². The van der Waals surface area contributed by atoms with E-state index >= 15 is 0 Å². The van der Waals surface area contributed by atoms with Gasteiger partial charge in [-0.2, -0.15) is 0 Å². The number of hydrogen-bond acceptors (Lipinski definition) is 7. The van der Waals surface area contributed by atoms with Crippen LogP contribution in [0.3, 0.4) is 0 Å². The largest absolute Gasteiger partial charge is 0.473 e. The molecule has 0 amide bonds. The van der Waals surface area contributed by atoms with Crippen molar-refractivity contribution < 1.29 is 24.5 Å². The summed E-state index contributed by atoms with van der Waals surface area (Å²) in [4.78, 5) is 29.4. The fourth-order valence-electron chi connectivity index (χ4n) is 2.83. The number of aliphatic carboxylic acids is 2. The summed E-state index contributed by atoms with van der Waals surface area (Å²) in [6.07, 6.45) is 6.31. The van der Waals surface area contributed by atoms with Crippen LogP contribution in [-0.4, -0.2) is 32.1 Å². The van der Waals surface area contributed by atoms with E-state index in [9.17, 15) is 0 Å². The molecule has 0 saturated carbocycles. The molecule has 9 heteroatoms. The first-order valence-electron chi connectivity index (χ1n) is 8.20. The maximum atomic E-state index is 9.10. The average molecular weight is 387 g/mol. The smallest absolute Gasteiger partial charge is 0.414 e. The number of ether oxygens (including phenoxy) is 1. The molecule has 1 aromatic carbocycles. The van der Waals surface area contributed by atoms with Crippen molar-refractivity contribution in [3.05, 3.63) is 41.0 Å². The lowest BCUT2D eigenvalue weighted by Gasteiger charge is -2.12. The maximum absolute atomic E-state index is 9.10. The predicted octanol–water partition coefficient (Wildman–Crippen LogP) is 3.10. The van der Waals surface area contributed by atoms with Gasteiger partial charge in [0.2, 0.25) is 5.88 Å². The number of carboxylic acids is 2. The van der Waals surface area contributed by atoms with E-state index < -0.39 is 11.9 Å². The van der Waals surface area contributed by atoms with Crippen LogP contribution in [-0.2, 0) is 22.4 Å². The lowest BCUT2D eigenvalue weighted by Crippen LogP contribution is -2.09. The summed E-state index contributed by atoms with van der Waals surface area (Å²) < 4.78 is 5.97. The van der Waals surface area contributed by atoms with Gasteiger partial charge in [-0.1, -0.05) is 6.07 Å². The molecule has 4 N–H and O–H groups in total. The number of nitrogens with two attached hydrogens (primary N) is 1. The third-order valence-corrected chi connectivity index (χ3v) is 5.17. The molecule has 2 aromatic heterocycles. The van der Waals surface area contributed by atoms with Gasteiger partial charge in [-0.15, -0.1) is 11.3 Å². The third-order valence-electron chi connectivity index (χ3n) is 3.97. The fourth-order valence-corrected chi connectivity index (χ4v) is 4.05. The molecule has 1 aliphatic rings. The Morgan fingerprint density at radius 2 is 1.85 bits per heavy atom. The molecule has 2 heterocycles. The van der Waals surface area contributed by atoms with E-state index in [1.165, 1.54) is 23.3 Å². The van der Waals surface area contributed by atoms with Crippen LogP contribution in [0.15, 0.2) is 30.6 Å². The zero-order valence-corrected chi connectivity index (χ0v) is 15.0. The van der Waals surface area contributed by atoms with E-state index in [1.54, 1.807) is 17.7 Å². The molecule has 0 saturated heterocycles. The average Bonchev–Trinajstić information content (AvgIpc) is 3.02. The first-order valence-corrected chi connectivity index (χ1v) is 9.02. The molecule has 27 heavy (non-hydrogen) atoms. The summed E-state index contributed by atoms with van der Waals surface area (Å²) >= 11 is 1.77. The van der Waals surface area contributed by atoms with Crippen molar-refractivity contribution in [2.24, 2.45) is 0 Å². The van der Waals surface area contributed by atoms with Gasteiger partial charge in [-0.3, -0.25) is 0 Å². The van der Waals surface area contributed by atoms with Crippen molar-refractivity contribution in [2.45, 2.75) is 25.7 Å². The van der Waals surface area contributed by atoms with Crippen LogP contribution in [0.25, 0.3) is 10.2 Å². The van der Waals surface area contributed by atoms with E-state index in [2.05, 4.69) is 9.97 Å². The number of benzene rings is 1. The second kappa shape index (κ2) is 8.00. The zero-order chi connectivity index (χ0) is 19.4. The van der Waals surface area contributed by atoms with E-state index in [0.717, 1.165) is 23.1 Å². The molecule has 0 spiro atoms. The Morgan fingerprint density at radius 3 is 2.56 bits per heavy atom. The summed E-state index contributed by atoms with van der Waals surface area (Å²) in [7, 11) is 0. The number of rotatable bonds is 2. The number of aromatic nitrogens is 2. The number of nitrogen functional groups attached to an aromatic ring is 1. The standard InChI is InChI=1S/C16H15N3OS.C2H2O4/c17-10-4-3-5-11(8-10)20-15-14-12-6-1-2-7-13(12)21-16(14)19-9-18-15;3-1(4)2(5)6/h3-5,8-9H,1-2,6-7,17H2;(H,3,4)(H,5,6). The Morgan fingerprint density at radius 1 is 1.11 bits per heavy atom. The molecule has 0 fully saturated rings. The van der Waals surface area contributed by atoms with Gasteiger partial charge < -0.3 is 20.7 Å². The summed E-state index contributed by atoms with van der Waals surface area (Å²) in [6, 6.07) is 7.43. The second-order valence-electron chi connectivity index (χ2n) is 5.85. The molecule has 4 rings (SSSR count). The topological polar surface area (TPSA) is 136 Å². The molecule has 3 aromatic rings. The minimum absolute atomic E-state index is 0.644. The lowest BCUT2D eigenvalue weighted by molar-refractivity contribution is -0.159. The second-order valence-corrected chi connectivity index (χ2v) is 6.94. The quantitative estimate of drug-likeness (QED) is 0.451. The molecule has 0 bridgehead atoms. The van der Waals surface area contributed by atoms with Crippen molar-refractivity contribution in [2.75, 3.05) is 5.73 Å². The molecular weight excluding hydrogens is 370 g/mol. The highest BCUT2D eigenvalue weighted by Crippen LogP contribution is 2.40. The summed E-state index contributed by atoms with van der Waals surface area (Å²) in [5, 5.41) is 15.9. The Balaban J connectivity index is 0.000000307. The Labute approximate surface area is 158 Å². The first-order chi connectivity index (χ1) is 13.0. The molecule has 140 valence electrons. The Bertz CT molecular complexity index is 990. The number of thiophene rings is 1. The van der Waals surface area contributed by atoms with Crippen molar-refractivity contribution >= 4 is 39.2 Å². The van der Waals surface area contributed by atoms with Gasteiger partial charge >= 0.3 is 11.9 Å². The molecule has 0 unspecified atom stereocenters. The maximum Gasteiger partial charge on any atom is 0.414 e. The van der Waals surface area contributed by atoms with Crippen LogP contribution in [0.5, 0.6) is 11.6 Å². The highest BCUT2D eigenvalue weighted by molar-refractivity contribution is 7.18. The van der Waals surface area contributed by atoms with Crippen LogP contribution in [0.2, 0.25) is 0 Å². The Hall–Kier alpha value is -3.20. The highest BCUT2D eigenvalue weighted by Gasteiger charge is 2.20. The van der Waals surface area contributed by atoms with Gasteiger partial charge in [-0.05, 0) is 43.4 Å². The molecule has 8 nitrogen and oxygen atoms in total. The van der Waals surface area contributed by atoms with Crippen molar-refractivity contribution in [1.29, 1.82) is 0 Å². The first kappa shape index (κ1) is 18.6. The Kier molecular flexibility index (Phi) is 5.51. The fraction of sp³-hybridized carbons (Fsp3) is 0.222. The SMILES string of the molecule is Nc1cccc(Oc2ncnc3sc4c(c23)CCCC4)c1.O=C(O)C(=O)O. The molecule has 0 radical (unpaired) electrons. The summed E-state index contributed by atoms with van der Waals surface area (Å²) in [5.41, 5.74) is 7.87. The molecule has 1 aliphatic carbocycles. The lowest BCUT2D eigenvalue weighted by atomic mass is 9.97. The summed E-state index contributed by atoms with van der Waals surface area (Å²) in [5.74, 6) is -2.29. The van der Waals surface area contributed by atoms with Crippen LogP contribution >= 0.6 is 11.3 Å². The zero-order valence-electron chi connectivity index (χ0n) is 14.2. The number of aryl methyl sites for hydroxylation is 2. The summed E-state index contributed by atoms with van der Waals surface area (Å²) in [6.45, 7) is 0. The van der Waals surface area contributed by atoms with E-state index in [-0.39, 0.29) is 0 Å². The number of carboxylic acid groups (broad SMARTS) is 2. The number of fused-ring (bicyclic) bond motifs is 3. The molecule has 0 aliphatic heterocycles. The van der Waals surface area contributed by atoms with Crippen molar-refractivity contribution in [1.82, 2.24) is 9.97 Å². The third kappa shape index (κ3) is 4.32. The molecular formula is C18H17N3O5S. The van der Waals surface area contributed by atoms with E-state index in [4.69, 9.17) is 30.3 Å². The number of hydrogen-bond donors (Lipinski definition) is 3. The van der Waals surface area contributed by atoms with Crippen molar-refractivity contribution in [3.63, 3.8) is 0 Å². The van der Waals surface area contributed by atoms with Crippen LogP contribution in [0.4, 0.5) is 5.69 Å². The monoisotopic (exact) mass is 387 g/mol. The van der Waals surface area contributed by atoms with Gasteiger partial charge in [-0.25, -0.2) is 19.6 Å². The molecule has 0 atom stereocenters. The number of anilines is 1. The van der Waals surface area contributed by atoms with Gasteiger partial charge in [0.05, 0.1) is 5.39 Å². The van der Waals surface area contributed by atoms with Crippen LogP contribution < -0.4 is 10.5 Å². The van der Waals surface area contributed by atoms with Crippen LogP contribution in [0.1, 0.15) is 23.3 Å². The highest BCUT2D eigenvalue weighted by atomic mass is 32.1. The van der Waals surface area contributed by atoms with E-state index in [1.807, 2.05) is 24.3 Å². The van der Waals surface area contributed by atoms with Crippen LogP contribution in [0, 0.1) is 0 Å². The van der Waals surface area contributed by atoms with Gasteiger partial charge in [0.15, 0.2) is 0 Å². The van der Waals surface area contributed by atoms with Gasteiger partial charge in [0.1, 0.15) is 16.9 Å². The predicted molar refractivity (Wildman–Crippen MR) is 100 cm³/mol. The normalized spacial score (nSPS) is 12.6. The minimum atomic E-state index is -1.82. The van der Waals surface area contributed by atoms with E-state index in [0.29, 0.717) is 17.3 Å². The van der Waals surface area contributed by atoms with Gasteiger partial charge in [0.25, 0.3) is 0 Å². The number of carbonyl (C=O) groups is 2. The number of nitrogens with zero attached hydrogens (tertiary/aromatic N) is 2. The van der Waals surface area contributed by atoms with Gasteiger partial charge in [0, 0.05) is 16.6 Å². The minimum Gasteiger partial charge on any atom is -0.473 e.